The highest BCUT2D eigenvalue weighted by Crippen LogP contribution is 2.38. The monoisotopic (exact) mass is 379 g/mol. The van der Waals surface area contributed by atoms with Crippen molar-refractivity contribution in [2.24, 2.45) is 11.8 Å². The zero-order valence-corrected chi connectivity index (χ0v) is 15.4. The number of esters is 1. The van der Waals surface area contributed by atoms with Crippen LogP contribution in [0.2, 0.25) is 5.02 Å². The van der Waals surface area contributed by atoms with Crippen molar-refractivity contribution >= 4 is 29.4 Å². The summed E-state index contributed by atoms with van der Waals surface area (Å²) < 4.78 is 10.6. The minimum absolute atomic E-state index is 0.0114. The fourth-order valence-electron chi connectivity index (χ4n) is 3.65. The van der Waals surface area contributed by atoms with Crippen LogP contribution in [0.4, 0.5) is 0 Å². The van der Waals surface area contributed by atoms with Crippen LogP contribution >= 0.6 is 11.6 Å². The molecule has 3 rings (SSSR count). The van der Waals surface area contributed by atoms with Crippen molar-refractivity contribution in [2.45, 2.75) is 38.6 Å². The molecule has 1 saturated carbocycles. The molecule has 2 fully saturated rings. The molecule has 0 N–H and O–H groups in total. The highest BCUT2D eigenvalue weighted by molar-refractivity contribution is 6.32. The van der Waals surface area contributed by atoms with Crippen LogP contribution in [0.25, 0.3) is 0 Å². The molecule has 2 aliphatic rings. The fourth-order valence-corrected chi connectivity index (χ4v) is 3.84. The molecule has 26 heavy (non-hydrogen) atoms. The van der Waals surface area contributed by atoms with Gasteiger partial charge in [0.1, 0.15) is 25.0 Å². The van der Waals surface area contributed by atoms with Crippen LogP contribution in [-0.2, 0) is 19.1 Å². The highest BCUT2D eigenvalue weighted by Gasteiger charge is 2.51. The van der Waals surface area contributed by atoms with Crippen molar-refractivity contribution in [1.29, 1.82) is 0 Å². The van der Waals surface area contributed by atoms with Gasteiger partial charge in [-0.2, -0.15) is 0 Å². The van der Waals surface area contributed by atoms with Crippen molar-refractivity contribution in [3.8, 4) is 5.75 Å². The lowest BCUT2D eigenvalue weighted by Gasteiger charge is -2.21. The Morgan fingerprint density at radius 1 is 1.15 bits per heavy atom. The van der Waals surface area contributed by atoms with Gasteiger partial charge in [0.15, 0.2) is 0 Å². The smallest absolute Gasteiger partial charge is 0.329 e. The molecule has 1 saturated heterocycles. The third-order valence-electron chi connectivity index (χ3n) is 5.03. The van der Waals surface area contributed by atoms with Crippen LogP contribution in [0.3, 0.4) is 0 Å². The average Bonchev–Trinajstić information content (AvgIpc) is 2.90. The van der Waals surface area contributed by atoms with E-state index in [9.17, 15) is 14.4 Å². The summed E-state index contributed by atoms with van der Waals surface area (Å²) in [5.74, 6) is -1.11. The molecule has 3 atom stereocenters. The second-order valence-corrected chi connectivity index (χ2v) is 7.07. The normalized spacial score (nSPS) is 23.5. The average molecular weight is 380 g/mol. The van der Waals surface area contributed by atoms with E-state index in [2.05, 4.69) is 0 Å². The lowest BCUT2D eigenvalue weighted by molar-refractivity contribution is -0.158. The van der Waals surface area contributed by atoms with E-state index in [1.165, 1.54) is 6.92 Å². The quantitative estimate of drug-likeness (QED) is 0.431. The van der Waals surface area contributed by atoms with E-state index in [-0.39, 0.29) is 36.9 Å². The summed E-state index contributed by atoms with van der Waals surface area (Å²) >= 11 is 5.98. The van der Waals surface area contributed by atoms with Crippen LogP contribution in [0.15, 0.2) is 24.3 Å². The minimum Gasteiger partial charge on any atom is -0.488 e. The van der Waals surface area contributed by atoms with Gasteiger partial charge in [-0.1, -0.05) is 36.6 Å². The third-order valence-corrected chi connectivity index (χ3v) is 5.34. The molecule has 7 heteroatoms. The molecule has 1 aromatic rings. The second-order valence-electron chi connectivity index (χ2n) is 6.67. The minimum atomic E-state index is -0.916. The molecular weight excluding hydrogens is 358 g/mol. The summed E-state index contributed by atoms with van der Waals surface area (Å²) in [5, 5.41) is 0.475. The Labute approximate surface area is 157 Å². The number of ether oxygens (including phenoxy) is 2. The number of hydrogen-bond acceptors (Lipinski definition) is 5. The lowest BCUT2D eigenvalue weighted by Crippen LogP contribution is -2.44. The van der Waals surface area contributed by atoms with Gasteiger partial charge < -0.3 is 9.47 Å². The molecule has 1 aromatic carbocycles. The first kappa shape index (κ1) is 18.7. The van der Waals surface area contributed by atoms with E-state index in [1.54, 1.807) is 24.3 Å². The van der Waals surface area contributed by atoms with Gasteiger partial charge in [-0.05, 0) is 31.9 Å². The van der Waals surface area contributed by atoms with Gasteiger partial charge >= 0.3 is 5.97 Å². The summed E-state index contributed by atoms with van der Waals surface area (Å²) in [6, 6.07) is 6.09. The van der Waals surface area contributed by atoms with Crippen LogP contribution in [0, 0.1) is 11.8 Å². The molecule has 140 valence electrons. The number of likely N-dealkylation sites (tertiary alicyclic amines) is 1. The van der Waals surface area contributed by atoms with E-state index < -0.39 is 12.0 Å². The Morgan fingerprint density at radius 3 is 2.38 bits per heavy atom. The molecular formula is C19H22ClNO5. The summed E-state index contributed by atoms with van der Waals surface area (Å²) in [4.78, 5) is 38.4. The maximum absolute atomic E-state index is 12.5. The first-order valence-corrected chi connectivity index (χ1v) is 9.29. The number of nitrogens with zero attached hydrogens (tertiary/aromatic N) is 1. The van der Waals surface area contributed by atoms with E-state index >= 15 is 0 Å². The van der Waals surface area contributed by atoms with Crippen LogP contribution < -0.4 is 4.74 Å². The number of rotatable bonds is 6. The highest BCUT2D eigenvalue weighted by atomic mass is 35.5. The van der Waals surface area contributed by atoms with Crippen molar-refractivity contribution < 1.29 is 23.9 Å². The number of para-hydroxylation sites is 1. The van der Waals surface area contributed by atoms with Crippen LogP contribution in [0.1, 0.15) is 32.6 Å². The number of amides is 2. The largest absolute Gasteiger partial charge is 0.488 e. The van der Waals surface area contributed by atoms with Gasteiger partial charge in [0.25, 0.3) is 0 Å². The van der Waals surface area contributed by atoms with E-state index in [4.69, 9.17) is 21.1 Å². The van der Waals surface area contributed by atoms with Crippen LogP contribution in [-0.4, -0.2) is 41.9 Å². The van der Waals surface area contributed by atoms with Gasteiger partial charge in [-0.15, -0.1) is 0 Å². The second kappa shape index (κ2) is 8.08. The molecule has 0 aromatic heterocycles. The Balaban J connectivity index is 1.51. The maximum atomic E-state index is 12.5. The first-order chi connectivity index (χ1) is 12.5. The number of carbonyl (C=O) groups excluding carboxylic acids is 3. The first-order valence-electron chi connectivity index (χ1n) is 8.91. The van der Waals surface area contributed by atoms with E-state index in [1.807, 2.05) is 0 Å². The van der Waals surface area contributed by atoms with Crippen molar-refractivity contribution in [3.05, 3.63) is 29.3 Å². The SMILES string of the molecule is C[C@@H](C(=O)OCCOc1ccccc1Cl)N1C(=O)[C@H]2CCCC[C@H]2C1=O. The third kappa shape index (κ3) is 3.70. The van der Waals surface area contributed by atoms with E-state index in [0.29, 0.717) is 10.8 Å². The molecule has 1 aliphatic heterocycles. The Morgan fingerprint density at radius 2 is 1.77 bits per heavy atom. The van der Waals surface area contributed by atoms with Crippen molar-refractivity contribution in [3.63, 3.8) is 0 Å². The predicted octanol–water partition coefficient (Wildman–Crippen LogP) is 2.83. The lowest BCUT2D eigenvalue weighted by atomic mass is 9.81. The van der Waals surface area contributed by atoms with Gasteiger partial charge in [0.2, 0.25) is 11.8 Å². The molecule has 0 bridgehead atoms. The zero-order valence-electron chi connectivity index (χ0n) is 14.7. The van der Waals surface area contributed by atoms with Gasteiger partial charge in [0.05, 0.1) is 16.9 Å². The molecule has 0 spiro atoms. The van der Waals surface area contributed by atoms with Gasteiger partial charge in [0, 0.05) is 0 Å². The van der Waals surface area contributed by atoms with Gasteiger partial charge in [-0.3, -0.25) is 14.5 Å². The summed E-state index contributed by atoms with van der Waals surface area (Å²) in [6.45, 7) is 1.68. The van der Waals surface area contributed by atoms with Crippen molar-refractivity contribution in [1.82, 2.24) is 4.90 Å². The van der Waals surface area contributed by atoms with Crippen LogP contribution in [0.5, 0.6) is 5.75 Å². The molecule has 2 amide bonds. The molecule has 6 nitrogen and oxygen atoms in total. The summed E-state index contributed by atoms with van der Waals surface area (Å²) in [7, 11) is 0. The fraction of sp³-hybridized carbons (Fsp3) is 0.526. The van der Waals surface area contributed by atoms with Crippen molar-refractivity contribution in [2.75, 3.05) is 13.2 Å². The van der Waals surface area contributed by atoms with Gasteiger partial charge in [-0.25, -0.2) is 4.79 Å². The number of carbonyl (C=O) groups is 3. The Hall–Kier alpha value is -2.08. The summed E-state index contributed by atoms with van der Waals surface area (Å²) in [6.07, 6.45) is 3.34. The number of benzene rings is 1. The number of hydrogen-bond donors (Lipinski definition) is 0. The van der Waals surface area contributed by atoms with E-state index in [0.717, 1.165) is 30.6 Å². The molecule has 1 aliphatic carbocycles. The Bertz CT molecular complexity index is 683. The Kier molecular flexibility index (Phi) is 5.81. The number of halogens is 1. The maximum Gasteiger partial charge on any atom is 0.329 e. The standard InChI is InChI=1S/C19H22ClNO5/c1-12(21-17(22)13-6-2-3-7-14(13)18(21)23)19(24)26-11-10-25-16-9-5-4-8-15(16)20/h4-5,8-9,12-14H,2-3,6-7,10-11H2,1H3/t12-,13-,14+/m0/s1. The summed E-state index contributed by atoms with van der Waals surface area (Å²) in [5.41, 5.74) is 0. The topological polar surface area (TPSA) is 72.9 Å². The number of fused-ring (bicyclic) bond motifs is 1. The zero-order chi connectivity index (χ0) is 18.7. The molecule has 1 heterocycles. The number of imide groups is 1. The molecule has 0 radical (unpaired) electrons. The predicted molar refractivity (Wildman–Crippen MR) is 94.7 cm³/mol. The molecule has 0 unspecified atom stereocenters.